The lowest BCUT2D eigenvalue weighted by molar-refractivity contribution is 0.628. The average Bonchev–Trinajstić information content (AvgIpc) is 2.50. The quantitative estimate of drug-likeness (QED) is 0.704. The molecular formula is C18H13ClFNO. The highest BCUT2D eigenvalue weighted by atomic mass is 35.5. The fourth-order valence-corrected chi connectivity index (χ4v) is 2.59. The van der Waals surface area contributed by atoms with Crippen molar-refractivity contribution in [3.8, 4) is 11.3 Å². The molecule has 1 heterocycles. The Labute approximate surface area is 132 Å². The summed E-state index contributed by atoms with van der Waals surface area (Å²) in [6, 6.07) is 18.6. The second-order valence-electron chi connectivity index (χ2n) is 4.97. The van der Waals surface area contributed by atoms with Gasteiger partial charge in [0.1, 0.15) is 5.82 Å². The van der Waals surface area contributed by atoms with Crippen molar-refractivity contribution in [3.05, 3.63) is 93.5 Å². The highest BCUT2D eigenvalue weighted by Gasteiger charge is 2.07. The molecule has 0 fully saturated rings. The Kier molecular flexibility index (Phi) is 4.07. The van der Waals surface area contributed by atoms with Crippen LogP contribution in [-0.4, -0.2) is 4.57 Å². The summed E-state index contributed by atoms with van der Waals surface area (Å²) in [5.41, 5.74) is 2.36. The number of benzene rings is 2. The highest BCUT2D eigenvalue weighted by Crippen LogP contribution is 2.20. The molecule has 2 aromatic carbocycles. The average molecular weight is 314 g/mol. The van der Waals surface area contributed by atoms with Crippen molar-refractivity contribution in [3.63, 3.8) is 0 Å². The zero-order valence-electron chi connectivity index (χ0n) is 11.7. The fourth-order valence-electron chi connectivity index (χ4n) is 2.37. The largest absolute Gasteiger partial charge is 0.304 e. The lowest BCUT2D eigenvalue weighted by atomic mass is 10.1. The van der Waals surface area contributed by atoms with Gasteiger partial charge in [0, 0.05) is 11.1 Å². The molecule has 0 bridgehead atoms. The summed E-state index contributed by atoms with van der Waals surface area (Å²) in [7, 11) is 0. The molecule has 4 heteroatoms. The molecule has 0 atom stereocenters. The smallest absolute Gasteiger partial charge is 0.251 e. The van der Waals surface area contributed by atoms with Gasteiger partial charge in [-0.25, -0.2) is 4.39 Å². The van der Waals surface area contributed by atoms with Crippen molar-refractivity contribution in [2.24, 2.45) is 0 Å². The van der Waals surface area contributed by atoms with Crippen LogP contribution in [0.15, 0.2) is 71.5 Å². The van der Waals surface area contributed by atoms with Gasteiger partial charge in [0.05, 0.1) is 12.2 Å². The van der Waals surface area contributed by atoms with E-state index in [-0.39, 0.29) is 11.4 Å². The van der Waals surface area contributed by atoms with E-state index in [0.717, 1.165) is 16.8 Å². The van der Waals surface area contributed by atoms with Crippen LogP contribution in [0.3, 0.4) is 0 Å². The van der Waals surface area contributed by atoms with Crippen LogP contribution >= 0.6 is 11.6 Å². The predicted molar refractivity (Wildman–Crippen MR) is 86.7 cm³/mol. The van der Waals surface area contributed by atoms with Gasteiger partial charge >= 0.3 is 0 Å². The first-order valence-electron chi connectivity index (χ1n) is 6.84. The topological polar surface area (TPSA) is 22.0 Å². The number of halogens is 2. The summed E-state index contributed by atoms with van der Waals surface area (Å²) >= 11 is 6.00. The van der Waals surface area contributed by atoms with Crippen molar-refractivity contribution in [1.82, 2.24) is 4.57 Å². The van der Waals surface area contributed by atoms with Crippen LogP contribution in [0.1, 0.15) is 5.56 Å². The minimum absolute atomic E-state index is 0.109. The summed E-state index contributed by atoms with van der Waals surface area (Å²) in [5, 5.41) is 0.629. The van der Waals surface area contributed by atoms with Crippen LogP contribution in [0.2, 0.25) is 5.02 Å². The number of nitrogens with zero attached hydrogens (tertiary/aromatic N) is 1. The third-order valence-corrected chi connectivity index (χ3v) is 3.65. The van der Waals surface area contributed by atoms with Gasteiger partial charge in [0.2, 0.25) is 0 Å². The molecule has 0 aliphatic carbocycles. The number of hydrogen-bond donors (Lipinski definition) is 0. The molecule has 0 saturated heterocycles. The Balaban J connectivity index is 2.07. The van der Waals surface area contributed by atoms with Crippen LogP contribution < -0.4 is 5.56 Å². The molecule has 22 heavy (non-hydrogen) atoms. The van der Waals surface area contributed by atoms with E-state index in [1.54, 1.807) is 28.8 Å². The summed E-state index contributed by atoms with van der Waals surface area (Å²) in [5.74, 6) is -0.302. The molecule has 0 saturated carbocycles. The maximum Gasteiger partial charge on any atom is 0.251 e. The Hall–Kier alpha value is -2.39. The van der Waals surface area contributed by atoms with Gasteiger partial charge < -0.3 is 4.57 Å². The minimum Gasteiger partial charge on any atom is -0.304 e. The minimum atomic E-state index is -0.302. The van der Waals surface area contributed by atoms with Gasteiger partial charge in [-0.3, -0.25) is 4.79 Å². The van der Waals surface area contributed by atoms with E-state index < -0.39 is 0 Å². The molecule has 3 rings (SSSR count). The maximum atomic E-state index is 13.1. The fraction of sp³-hybridized carbons (Fsp3) is 0.0556. The Morgan fingerprint density at radius 3 is 2.41 bits per heavy atom. The van der Waals surface area contributed by atoms with Crippen LogP contribution in [0.4, 0.5) is 4.39 Å². The molecule has 2 nitrogen and oxygen atoms in total. The second-order valence-corrected chi connectivity index (χ2v) is 5.41. The third-order valence-electron chi connectivity index (χ3n) is 3.42. The van der Waals surface area contributed by atoms with Gasteiger partial charge in [-0.2, -0.15) is 0 Å². The van der Waals surface area contributed by atoms with Crippen molar-refractivity contribution >= 4 is 11.6 Å². The summed E-state index contributed by atoms with van der Waals surface area (Å²) in [4.78, 5) is 12.2. The van der Waals surface area contributed by atoms with Crippen LogP contribution in [0.25, 0.3) is 11.3 Å². The van der Waals surface area contributed by atoms with Gasteiger partial charge in [-0.05, 0) is 53.6 Å². The van der Waals surface area contributed by atoms with Gasteiger partial charge in [0.25, 0.3) is 5.56 Å². The van der Waals surface area contributed by atoms with Gasteiger partial charge in [-0.15, -0.1) is 0 Å². The highest BCUT2D eigenvalue weighted by molar-refractivity contribution is 6.30. The van der Waals surface area contributed by atoms with Crippen molar-refractivity contribution in [1.29, 1.82) is 0 Å². The summed E-state index contributed by atoms with van der Waals surface area (Å²) < 4.78 is 14.7. The van der Waals surface area contributed by atoms with E-state index in [1.807, 2.05) is 24.3 Å². The van der Waals surface area contributed by atoms with E-state index in [1.165, 1.54) is 18.2 Å². The molecule has 110 valence electrons. The van der Waals surface area contributed by atoms with E-state index in [4.69, 9.17) is 11.6 Å². The molecule has 0 aliphatic rings. The first-order valence-corrected chi connectivity index (χ1v) is 7.21. The van der Waals surface area contributed by atoms with Gasteiger partial charge in [0.15, 0.2) is 0 Å². The monoisotopic (exact) mass is 313 g/mol. The second kappa shape index (κ2) is 6.16. The lowest BCUT2D eigenvalue weighted by Gasteiger charge is -2.13. The van der Waals surface area contributed by atoms with Crippen LogP contribution in [0, 0.1) is 5.82 Å². The van der Waals surface area contributed by atoms with E-state index in [2.05, 4.69) is 0 Å². The zero-order chi connectivity index (χ0) is 15.5. The standard InChI is InChI=1S/C18H13ClFNO/c19-15-4-1-3-13(11-15)12-21-17(5-2-6-18(21)22)14-7-9-16(20)10-8-14/h1-11H,12H2. The predicted octanol–water partition coefficient (Wildman–Crippen LogP) is 4.36. The van der Waals surface area contributed by atoms with E-state index in [9.17, 15) is 9.18 Å². The Bertz CT molecular complexity index is 855. The zero-order valence-corrected chi connectivity index (χ0v) is 12.4. The first kappa shape index (κ1) is 14.5. The van der Waals surface area contributed by atoms with Crippen LogP contribution in [-0.2, 0) is 6.54 Å². The molecule has 3 aromatic rings. The Morgan fingerprint density at radius 1 is 0.955 bits per heavy atom. The number of rotatable bonds is 3. The summed E-state index contributed by atoms with van der Waals surface area (Å²) in [6.45, 7) is 0.410. The van der Waals surface area contributed by atoms with Crippen LogP contribution in [0.5, 0.6) is 0 Å². The number of hydrogen-bond acceptors (Lipinski definition) is 1. The number of pyridine rings is 1. The number of aromatic nitrogens is 1. The van der Waals surface area contributed by atoms with E-state index in [0.29, 0.717) is 11.6 Å². The molecule has 0 N–H and O–H groups in total. The van der Waals surface area contributed by atoms with E-state index >= 15 is 0 Å². The first-order chi connectivity index (χ1) is 10.6. The molecular weight excluding hydrogens is 301 g/mol. The molecule has 0 spiro atoms. The maximum absolute atomic E-state index is 13.1. The lowest BCUT2D eigenvalue weighted by Crippen LogP contribution is -2.21. The molecule has 0 unspecified atom stereocenters. The third kappa shape index (κ3) is 3.10. The molecule has 0 aliphatic heterocycles. The van der Waals surface area contributed by atoms with Crippen molar-refractivity contribution < 1.29 is 4.39 Å². The molecule has 1 aromatic heterocycles. The molecule has 0 radical (unpaired) electrons. The SMILES string of the molecule is O=c1cccc(-c2ccc(F)cc2)n1Cc1cccc(Cl)c1. The van der Waals surface area contributed by atoms with Crippen molar-refractivity contribution in [2.45, 2.75) is 6.54 Å². The molecule has 0 amide bonds. The Morgan fingerprint density at radius 2 is 1.68 bits per heavy atom. The van der Waals surface area contributed by atoms with Crippen molar-refractivity contribution in [2.75, 3.05) is 0 Å². The summed E-state index contributed by atoms with van der Waals surface area (Å²) in [6.07, 6.45) is 0. The normalized spacial score (nSPS) is 10.6. The van der Waals surface area contributed by atoms with Gasteiger partial charge in [-0.1, -0.05) is 29.8 Å².